The Morgan fingerprint density at radius 3 is 2.43 bits per heavy atom. The SMILES string of the molecule is CN1CCN(CCCCOc2ccc([N+](=O)[O-])cc2)CC1. The van der Waals surface area contributed by atoms with E-state index >= 15 is 0 Å². The molecule has 0 unspecified atom stereocenters. The van der Waals surface area contributed by atoms with Crippen LogP contribution in [0.5, 0.6) is 5.75 Å². The van der Waals surface area contributed by atoms with Crippen molar-refractivity contribution in [2.75, 3.05) is 46.4 Å². The molecule has 0 amide bonds. The van der Waals surface area contributed by atoms with Gasteiger partial charge in [0.15, 0.2) is 0 Å². The van der Waals surface area contributed by atoms with Gasteiger partial charge in [0.2, 0.25) is 0 Å². The molecule has 0 atom stereocenters. The second kappa shape index (κ2) is 7.95. The Balaban J connectivity index is 1.58. The van der Waals surface area contributed by atoms with Crippen LogP contribution in [0.2, 0.25) is 0 Å². The Morgan fingerprint density at radius 1 is 1.14 bits per heavy atom. The van der Waals surface area contributed by atoms with Crippen molar-refractivity contribution in [2.45, 2.75) is 12.8 Å². The third kappa shape index (κ3) is 5.32. The van der Waals surface area contributed by atoms with Gasteiger partial charge in [-0.3, -0.25) is 10.1 Å². The Morgan fingerprint density at radius 2 is 1.81 bits per heavy atom. The van der Waals surface area contributed by atoms with Gasteiger partial charge in [-0.05, 0) is 38.6 Å². The standard InChI is InChI=1S/C15H23N3O3/c1-16-9-11-17(12-10-16)8-2-3-13-21-15-6-4-14(5-7-15)18(19)20/h4-7H,2-3,8-13H2,1H3. The zero-order valence-electron chi connectivity index (χ0n) is 12.5. The average Bonchev–Trinajstić information content (AvgIpc) is 2.49. The van der Waals surface area contributed by atoms with Crippen molar-refractivity contribution in [1.82, 2.24) is 9.80 Å². The van der Waals surface area contributed by atoms with E-state index in [1.807, 2.05) is 0 Å². The first-order valence-electron chi connectivity index (χ1n) is 7.43. The van der Waals surface area contributed by atoms with Crippen molar-refractivity contribution in [3.05, 3.63) is 34.4 Å². The monoisotopic (exact) mass is 293 g/mol. The zero-order valence-corrected chi connectivity index (χ0v) is 12.5. The van der Waals surface area contributed by atoms with Crippen LogP contribution in [0.3, 0.4) is 0 Å². The molecule has 21 heavy (non-hydrogen) atoms. The minimum Gasteiger partial charge on any atom is -0.494 e. The fourth-order valence-electron chi connectivity index (χ4n) is 2.36. The highest BCUT2D eigenvalue weighted by molar-refractivity contribution is 5.35. The van der Waals surface area contributed by atoms with Crippen molar-refractivity contribution >= 4 is 5.69 Å². The number of rotatable bonds is 7. The van der Waals surface area contributed by atoms with Gasteiger partial charge >= 0.3 is 0 Å². The molecule has 2 rings (SSSR count). The second-order valence-electron chi connectivity index (χ2n) is 5.45. The predicted octanol–water partition coefficient (Wildman–Crippen LogP) is 2.00. The van der Waals surface area contributed by atoms with Crippen molar-refractivity contribution in [3.63, 3.8) is 0 Å². The smallest absolute Gasteiger partial charge is 0.269 e. The molecular weight excluding hydrogens is 270 g/mol. The van der Waals surface area contributed by atoms with E-state index in [4.69, 9.17) is 4.74 Å². The molecule has 1 saturated heterocycles. The number of likely N-dealkylation sites (N-methyl/N-ethyl adjacent to an activating group) is 1. The lowest BCUT2D eigenvalue weighted by Crippen LogP contribution is -2.44. The fraction of sp³-hybridized carbons (Fsp3) is 0.600. The zero-order chi connectivity index (χ0) is 15.1. The summed E-state index contributed by atoms with van der Waals surface area (Å²) >= 11 is 0. The van der Waals surface area contributed by atoms with E-state index in [0.29, 0.717) is 12.4 Å². The van der Waals surface area contributed by atoms with Crippen molar-refractivity contribution in [2.24, 2.45) is 0 Å². The van der Waals surface area contributed by atoms with Crippen LogP contribution in [-0.2, 0) is 0 Å². The summed E-state index contributed by atoms with van der Waals surface area (Å²) in [6, 6.07) is 6.25. The molecule has 1 heterocycles. The molecule has 0 aliphatic carbocycles. The molecule has 6 nitrogen and oxygen atoms in total. The molecule has 1 aliphatic heterocycles. The summed E-state index contributed by atoms with van der Waals surface area (Å²) in [4.78, 5) is 15.0. The lowest BCUT2D eigenvalue weighted by atomic mass is 10.2. The maximum Gasteiger partial charge on any atom is 0.269 e. The number of piperazine rings is 1. The first-order chi connectivity index (χ1) is 10.1. The molecule has 6 heteroatoms. The number of nitrogens with zero attached hydrogens (tertiary/aromatic N) is 3. The van der Waals surface area contributed by atoms with Gasteiger partial charge in [-0.1, -0.05) is 0 Å². The maximum absolute atomic E-state index is 10.5. The Hall–Kier alpha value is -1.66. The van der Waals surface area contributed by atoms with Gasteiger partial charge in [-0.15, -0.1) is 0 Å². The van der Waals surface area contributed by atoms with Gasteiger partial charge in [-0.2, -0.15) is 0 Å². The third-order valence-electron chi connectivity index (χ3n) is 3.78. The van der Waals surface area contributed by atoms with Crippen LogP contribution < -0.4 is 4.74 Å². The van der Waals surface area contributed by atoms with E-state index in [0.717, 1.165) is 45.6 Å². The van der Waals surface area contributed by atoms with Crippen LogP contribution in [0.4, 0.5) is 5.69 Å². The number of nitro groups is 1. The fourth-order valence-corrected chi connectivity index (χ4v) is 2.36. The van der Waals surface area contributed by atoms with E-state index in [1.54, 1.807) is 12.1 Å². The predicted molar refractivity (Wildman–Crippen MR) is 81.8 cm³/mol. The molecule has 1 aromatic carbocycles. The summed E-state index contributed by atoms with van der Waals surface area (Å²) in [6.07, 6.45) is 2.13. The number of hydrogen-bond acceptors (Lipinski definition) is 5. The highest BCUT2D eigenvalue weighted by Crippen LogP contribution is 2.17. The molecule has 0 bridgehead atoms. The Labute approximate surface area is 125 Å². The summed E-state index contributed by atoms with van der Waals surface area (Å²) < 4.78 is 5.60. The van der Waals surface area contributed by atoms with E-state index in [9.17, 15) is 10.1 Å². The molecule has 0 N–H and O–H groups in total. The summed E-state index contributed by atoms with van der Waals surface area (Å²) in [6.45, 7) is 6.39. The topological polar surface area (TPSA) is 58.8 Å². The Bertz CT molecular complexity index is 442. The van der Waals surface area contributed by atoms with Gasteiger partial charge < -0.3 is 14.5 Å². The first kappa shape index (κ1) is 15.7. The first-order valence-corrected chi connectivity index (χ1v) is 7.43. The summed E-state index contributed by atoms with van der Waals surface area (Å²) in [5, 5.41) is 10.5. The van der Waals surface area contributed by atoms with E-state index in [2.05, 4.69) is 16.8 Å². The van der Waals surface area contributed by atoms with Crippen LogP contribution in [0.15, 0.2) is 24.3 Å². The van der Waals surface area contributed by atoms with E-state index in [1.165, 1.54) is 12.1 Å². The van der Waals surface area contributed by atoms with E-state index < -0.39 is 4.92 Å². The second-order valence-corrected chi connectivity index (χ2v) is 5.45. The van der Waals surface area contributed by atoms with Gasteiger partial charge in [0, 0.05) is 38.3 Å². The van der Waals surface area contributed by atoms with Crippen LogP contribution >= 0.6 is 0 Å². The largest absolute Gasteiger partial charge is 0.494 e. The molecule has 1 aliphatic rings. The van der Waals surface area contributed by atoms with Crippen LogP contribution in [0.25, 0.3) is 0 Å². The molecule has 0 spiro atoms. The number of unbranched alkanes of at least 4 members (excludes halogenated alkanes) is 1. The van der Waals surface area contributed by atoms with E-state index in [-0.39, 0.29) is 5.69 Å². The third-order valence-corrected chi connectivity index (χ3v) is 3.78. The minimum absolute atomic E-state index is 0.0948. The highest BCUT2D eigenvalue weighted by atomic mass is 16.6. The summed E-state index contributed by atoms with van der Waals surface area (Å²) in [5.74, 6) is 0.695. The maximum atomic E-state index is 10.5. The quantitative estimate of drug-likeness (QED) is 0.437. The van der Waals surface area contributed by atoms with Crippen LogP contribution in [0.1, 0.15) is 12.8 Å². The summed E-state index contributed by atoms with van der Waals surface area (Å²) in [5.41, 5.74) is 0.0948. The summed E-state index contributed by atoms with van der Waals surface area (Å²) in [7, 11) is 2.16. The van der Waals surface area contributed by atoms with Crippen LogP contribution in [-0.4, -0.2) is 61.1 Å². The molecule has 0 saturated carbocycles. The van der Waals surface area contributed by atoms with Crippen molar-refractivity contribution in [1.29, 1.82) is 0 Å². The minimum atomic E-state index is -0.403. The average molecular weight is 293 g/mol. The number of non-ortho nitro benzene ring substituents is 1. The Kier molecular flexibility index (Phi) is 5.95. The van der Waals surface area contributed by atoms with Gasteiger partial charge in [0.1, 0.15) is 5.75 Å². The lowest BCUT2D eigenvalue weighted by Gasteiger charge is -2.32. The number of hydrogen-bond donors (Lipinski definition) is 0. The van der Waals surface area contributed by atoms with Crippen LogP contribution in [0, 0.1) is 10.1 Å². The van der Waals surface area contributed by atoms with Gasteiger partial charge in [0.05, 0.1) is 11.5 Å². The van der Waals surface area contributed by atoms with Gasteiger partial charge in [0.25, 0.3) is 5.69 Å². The number of nitro benzene ring substituents is 1. The number of ether oxygens (including phenoxy) is 1. The molecule has 0 aromatic heterocycles. The van der Waals surface area contributed by atoms with Crippen molar-refractivity contribution in [3.8, 4) is 5.75 Å². The molecule has 1 fully saturated rings. The highest BCUT2D eigenvalue weighted by Gasteiger charge is 2.12. The molecule has 1 aromatic rings. The lowest BCUT2D eigenvalue weighted by molar-refractivity contribution is -0.384. The molecule has 0 radical (unpaired) electrons. The molecular formula is C15H23N3O3. The van der Waals surface area contributed by atoms with Gasteiger partial charge in [-0.25, -0.2) is 0 Å². The number of benzene rings is 1. The molecule has 116 valence electrons. The van der Waals surface area contributed by atoms with Crippen molar-refractivity contribution < 1.29 is 9.66 Å². The normalized spacial score (nSPS) is 16.8.